The van der Waals surface area contributed by atoms with Crippen LogP contribution in [0, 0.1) is 0 Å². The molecule has 0 heterocycles. The Balaban J connectivity index is 3.60. The maximum atomic E-state index is 13.9. The molecule has 0 amide bonds. The lowest BCUT2D eigenvalue weighted by Gasteiger charge is -2.43. The van der Waals surface area contributed by atoms with Crippen LogP contribution in [0.3, 0.4) is 0 Å². The van der Waals surface area contributed by atoms with Crippen molar-refractivity contribution in [3.05, 3.63) is 29.8 Å². The summed E-state index contributed by atoms with van der Waals surface area (Å²) in [6, 6.07) is 0.454. The minimum absolute atomic E-state index is 0.0686. The molecule has 38 heavy (non-hydrogen) atoms. The third-order valence-electron chi connectivity index (χ3n) is 4.77. The molecule has 1 N–H and O–H groups in total. The van der Waals surface area contributed by atoms with Gasteiger partial charge in [0, 0.05) is 6.42 Å². The molecular formula is C16H8F18O3S. The highest BCUT2D eigenvalue weighted by atomic mass is 32.2. The van der Waals surface area contributed by atoms with E-state index < -0.39 is 80.8 Å². The monoisotopic (exact) mass is 622 g/mol. The van der Waals surface area contributed by atoms with Crippen molar-refractivity contribution < 1.29 is 92.0 Å². The second-order valence-corrected chi connectivity index (χ2v) is 8.79. The average Bonchev–Trinajstić information content (AvgIpc) is 2.71. The van der Waals surface area contributed by atoms with Crippen molar-refractivity contribution in [1.29, 1.82) is 0 Å². The standard InChI is InChI=1S/C16H8F18O3S/c17-8(18)10(21,22)12(25,26)14(29,30)16(33,34)15(31,32)13(27,28)11(23,24)9(19,20)5-6-1-3-7(4-2-6)38(35,36)37/h1-4,8H,5H2,(H,35,36,37). The second-order valence-electron chi connectivity index (χ2n) is 7.37. The lowest BCUT2D eigenvalue weighted by atomic mass is 9.86. The number of benzene rings is 1. The molecule has 0 radical (unpaired) electrons. The minimum atomic E-state index is -8.82. The van der Waals surface area contributed by atoms with Gasteiger partial charge in [-0.05, 0) is 17.7 Å². The van der Waals surface area contributed by atoms with E-state index in [1.807, 2.05) is 0 Å². The minimum Gasteiger partial charge on any atom is -0.282 e. The van der Waals surface area contributed by atoms with E-state index in [4.69, 9.17) is 4.55 Å². The second kappa shape index (κ2) is 9.22. The third-order valence-corrected chi connectivity index (χ3v) is 5.64. The first-order chi connectivity index (χ1) is 16.4. The summed E-state index contributed by atoms with van der Waals surface area (Å²) in [6.45, 7) is 0. The molecule has 0 spiro atoms. The highest BCUT2D eigenvalue weighted by Crippen LogP contribution is 2.64. The largest absolute Gasteiger partial charge is 0.385 e. The topological polar surface area (TPSA) is 54.4 Å². The zero-order valence-electron chi connectivity index (χ0n) is 17.1. The van der Waals surface area contributed by atoms with E-state index in [9.17, 15) is 87.4 Å². The fourth-order valence-corrected chi connectivity index (χ4v) is 2.99. The molecule has 0 aliphatic rings. The van der Waals surface area contributed by atoms with Gasteiger partial charge < -0.3 is 0 Å². The molecular weight excluding hydrogens is 614 g/mol. The summed E-state index contributed by atoms with van der Waals surface area (Å²) < 4.78 is 270. The molecule has 0 unspecified atom stereocenters. The van der Waals surface area contributed by atoms with Gasteiger partial charge in [-0.2, -0.15) is 78.7 Å². The summed E-state index contributed by atoms with van der Waals surface area (Å²) in [4.78, 5) is -1.13. The lowest BCUT2D eigenvalue weighted by molar-refractivity contribution is -0.457. The predicted molar refractivity (Wildman–Crippen MR) is 85.5 cm³/mol. The van der Waals surface area contributed by atoms with Gasteiger partial charge in [0.15, 0.2) is 0 Å². The van der Waals surface area contributed by atoms with E-state index in [-0.39, 0.29) is 24.3 Å². The number of alkyl halides is 18. The molecule has 222 valence electrons. The summed E-state index contributed by atoms with van der Waals surface area (Å²) in [6.07, 6.45) is -8.93. The average molecular weight is 622 g/mol. The fourth-order valence-electron chi connectivity index (χ4n) is 2.51. The Morgan fingerprint density at radius 1 is 0.579 bits per heavy atom. The quantitative estimate of drug-likeness (QED) is 0.218. The van der Waals surface area contributed by atoms with Crippen LogP contribution in [0.25, 0.3) is 0 Å². The van der Waals surface area contributed by atoms with E-state index in [1.54, 1.807) is 0 Å². The SMILES string of the molecule is O=S(=O)(O)c1ccc(CC(F)(F)C(F)(F)C(F)(F)C(F)(F)C(F)(F)C(F)(F)C(F)(F)C(F)(F)C(F)F)cc1. The highest BCUT2D eigenvalue weighted by Gasteiger charge is 2.95. The molecule has 0 aliphatic heterocycles. The van der Waals surface area contributed by atoms with Crippen molar-refractivity contribution in [2.75, 3.05) is 0 Å². The number of hydrogen-bond acceptors (Lipinski definition) is 2. The van der Waals surface area contributed by atoms with Gasteiger partial charge >= 0.3 is 53.8 Å². The van der Waals surface area contributed by atoms with Crippen molar-refractivity contribution in [3.8, 4) is 0 Å². The fraction of sp³-hybridized carbons (Fsp3) is 0.625. The van der Waals surface area contributed by atoms with E-state index in [2.05, 4.69) is 0 Å². The maximum absolute atomic E-state index is 13.9. The smallest absolute Gasteiger partial charge is 0.282 e. The van der Waals surface area contributed by atoms with Crippen LogP contribution in [0.4, 0.5) is 79.0 Å². The van der Waals surface area contributed by atoms with Crippen LogP contribution in [0.1, 0.15) is 5.56 Å². The zero-order valence-corrected chi connectivity index (χ0v) is 17.9. The van der Waals surface area contributed by atoms with Gasteiger partial charge in [-0.25, -0.2) is 8.78 Å². The van der Waals surface area contributed by atoms with E-state index in [0.717, 1.165) is 0 Å². The number of halogens is 18. The normalized spacial score (nSPS) is 15.8. The zero-order chi connectivity index (χ0) is 30.8. The molecule has 1 rings (SSSR count). The van der Waals surface area contributed by atoms with Crippen molar-refractivity contribution in [3.63, 3.8) is 0 Å². The Bertz CT molecular complexity index is 1110. The van der Waals surface area contributed by atoms with Gasteiger partial charge in [-0.1, -0.05) is 12.1 Å². The number of hydrogen-bond donors (Lipinski definition) is 1. The molecule has 0 atom stereocenters. The Morgan fingerprint density at radius 2 is 0.895 bits per heavy atom. The molecule has 0 bridgehead atoms. The van der Waals surface area contributed by atoms with E-state index in [1.165, 1.54) is 0 Å². The molecule has 1 aromatic carbocycles. The van der Waals surface area contributed by atoms with E-state index >= 15 is 0 Å². The first kappa shape index (κ1) is 33.9. The van der Waals surface area contributed by atoms with Crippen LogP contribution in [0.15, 0.2) is 29.2 Å². The Kier molecular flexibility index (Phi) is 8.22. The van der Waals surface area contributed by atoms with Crippen LogP contribution in [0.5, 0.6) is 0 Å². The summed E-state index contributed by atoms with van der Waals surface area (Å²) in [5, 5.41) is 0. The molecule has 0 saturated heterocycles. The molecule has 3 nitrogen and oxygen atoms in total. The third kappa shape index (κ3) is 4.74. The Labute approximate surface area is 198 Å². The highest BCUT2D eigenvalue weighted by molar-refractivity contribution is 7.85. The molecule has 0 saturated carbocycles. The molecule has 0 aromatic heterocycles. The van der Waals surface area contributed by atoms with Gasteiger partial charge in [-0.3, -0.25) is 4.55 Å². The van der Waals surface area contributed by atoms with E-state index in [0.29, 0.717) is 0 Å². The van der Waals surface area contributed by atoms with Crippen molar-refractivity contribution in [2.24, 2.45) is 0 Å². The lowest BCUT2D eigenvalue weighted by Crippen LogP contribution is -2.75. The van der Waals surface area contributed by atoms with Gasteiger partial charge in [-0.15, -0.1) is 0 Å². The maximum Gasteiger partial charge on any atom is 0.385 e. The molecule has 0 fully saturated rings. The predicted octanol–water partition coefficient (Wildman–Crippen LogP) is 6.82. The van der Waals surface area contributed by atoms with Gasteiger partial charge in [0.2, 0.25) is 0 Å². The molecule has 22 heteroatoms. The Morgan fingerprint density at radius 3 is 1.21 bits per heavy atom. The van der Waals surface area contributed by atoms with Crippen molar-refractivity contribution in [2.45, 2.75) is 65.1 Å². The van der Waals surface area contributed by atoms with Gasteiger partial charge in [0.05, 0.1) is 4.90 Å². The summed E-state index contributed by atoms with van der Waals surface area (Å²) >= 11 is 0. The summed E-state index contributed by atoms with van der Waals surface area (Å²) in [5.41, 5.74) is -1.37. The summed E-state index contributed by atoms with van der Waals surface area (Å²) in [5.74, 6) is -65.3. The van der Waals surface area contributed by atoms with Crippen LogP contribution in [0.2, 0.25) is 0 Å². The van der Waals surface area contributed by atoms with Crippen LogP contribution < -0.4 is 0 Å². The molecule has 1 aromatic rings. The van der Waals surface area contributed by atoms with Crippen LogP contribution in [-0.4, -0.2) is 66.8 Å². The molecule has 0 aliphatic carbocycles. The first-order valence-electron chi connectivity index (χ1n) is 8.75. The van der Waals surface area contributed by atoms with Gasteiger partial charge in [0.1, 0.15) is 0 Å². The van der Waals surface area contributed by atoms with Crippen LogP contribution in [-0.2, 0) is 16.5 Å². The summed E-state index contributed by atoms with van der Waals surface area (Å²) in [7, 11) is -5.06. The van der Waals surface area contributed by atoms with Crippen molar-refractivity contribution in [1.82, 2.24) is 0 Å². The first-order valence-corrected chi connectivity index (χ1v) is 10.2. The number of rotatable bonds is 11. The van der Waals surface area contributed by atoms with Gasteiger partial charge in [0.25, 0.3) is 10.1 Å². The van der Waals surface area contributed by atoms with Crippen molar-refractivity contribution >= 4 is 10.1 Å². The Hall–Kier alpha value is -2.13. The van der Waals surface area contributed by atoms with Crippen LogP contribution >= 0.6 is 0 Å².